The van der Waals surface area contributed by atoms with E-state index in [2.05, 4.69) is 5.43 Å². The Balaban J connectivity index is 3.75. The molecule has 0 aromatic heterocycles. The summed E-state index contributed by atoms with van der Waals surface area (Å²) in [4.78, 5) is 31.9. The lowest BCUT2D eigenvalue weighted by atomic mass is 10.2. The van der Waals surface area contributed by atoms with Gasteiger partial charge in [-0.15, -0.1) is 0 Å². The number of aliphatic hydroxyl groups is 1. The summed E-state index contributed by atoms with van der Waals surface area (Å²) in [7, 11) is 0. The van der Waals surface area contributed by atoms with Crippen molar-refractivity contribution in [2.75, 3.05) is 0 Å². The van der Waals surface area contributed by atoms with E-state index in [4.69, 9.17) is 10.2 Å². The Kier molecular flexibility index (Phi) is 6.53. The van der Waals surface area contributed by atoms with Gasteiger partial charge in [-0.2, -0.15) is 0 Å². The standard InChI is InChI=1S/C9H14N2O5/c1-6(12)2-3-7(13)10-11-8(14)4-5-9(15)16/h4-6,12H,2-3H2,1H3,(H,10,13)(H,11,14)(H,15,16)/b5-4+/t6-/m1/s1. The molecule has 0 rings (SSSR count). The first kappa shape index (κ1) is 14.1. The van der Waals surface area contributed by atoms with Crippen molar-refractivity contribution in [2.24, 2.45) is 0 Å². The molecule has 0 aromatic rings. The number of carboxylic acids is 1. The van der Waals surface area contributed by atoms with Gasteiger partial charge in [0.2, 0.25) is 5.91 Å². The Morgan fingerprint density at radius 2 is 1.88 bits per heavy atom. The highest BCUT2D eigenvalue weighted by Crippen LogP contribution is 1.94. The summed E-state index contributed by atoms with van der Waals surface area (Å²) in [5, 5.41) is 17.1. The van der Waals surface area contributed by atoms with Gasteiger partial charge in [-0.1, -0.05) is 0 Å². The number of carbonyl (C=O) groups excluding carboxylic acids is 2. The first-order valence-corrected chi connectivity index (χ1v) is 4.59. The van der Waals surface area contributed by atoms with Crippen LogP contribution in [0.2, 0.25) is 0 Å². The SMILES string of the molecule is C[C@@H](O)CCC(=O)NNC(=O)/C=C/C(=O)O. The minimum atomic E-state index is -1.25. The monoisotopic (exact) mass is 230 g/mol. The zero-order chi connectivity index (χ0) is 12.6. The van der Waals surface area contributed by atoms with Crippen molar-refractivity contribution < 1.29 is 24.6 Å². The Bertz CT molecular complexity index is 298. The second-order valence-electron chi connectivity index (χ2n) is 3.10. The number of amides is 2. The predicted molar refractivity (Wildman–Crippen MR) is 54.0 cm³/mol. The quantitative estimate of drug-likeness (QED) is 0.355. The zero-order valence-corrected chi connectivity index (χ0v) is 8.77. The molecular formula is C9H14N2O5. The Labute approximate surface area is 92.1 Å². The second-order valence-corrected chi connectivity index (χ2v) is 3.10. The number of hydrazine groups is 1. The topological polar surface area (TPSA) is 116 Å². The fourth-order valence-corrected chi connectivity index (χ4v) is 0.722. The van der Waals surface area contributed by atoms with Crippen LogP contribution in [0.15, 0.2) is 12.2 Å². The maximum atomic E-state index is 11.0. The van der Waals surface area contributed by atoms with Crippen LogP contribution in [0.3, 0.4) is 0 Å². The zero-order valence-electron chi connectivity index (χ0n) is 8.77. The van der Waals surface area contributed by atoms with Crippen molar-refractivity contribution in [3.8, 4) is 0 Å². The van der Waals surface area contributed by atoms with E-state index < -0.39 is 23.9 Å². The lowest BCUT2D eigenvalue weighted by Gasteiger charge is -2.06. The van der Waals surface area contributed by atoms with Crippen molar-refractivity contribution in [1.82, 2.24) is 10.9 Å². The van der Waals surface area contributed by atoms with Crippen molar-refractivity contribution >= 4 is 17.8 Å². The molecule has 0 radical (unpaired) electrons. The van der Waals surface area contributed by atoms with Gasteiger partial charge in [0.15, 0.2) is 0 Å². The van der Waals surface area contributed by atoms with Crippen LogP contribution in [0, 0.1) is 0 Å². The van der Waals surface area contributed by atoms with E-state index in [9.17, 15) is 14.4 Å². The molecule has 0 bridgehead atoms. The summed E-state index contributed by atoms with van der Waals surface area (Å²) < 4.78 is 0. The van der Waals surface area contributed by atoms with Crippen LogP contribution < -0.4 is 10.9 Å². The molecule has 0 aromatic carbocycles. The first-order chi connectivity index (χ1) is 7.41. The molecule has 0 aliphatic heterocycles. The number of aliphatic hydroxyl groups excluding tert-OH is 1. The predicted octanol–water partition coefficient (Wildman–Crippen LogP) is -1.06. The average molecular weight is 230 g/mol. The molecule has 0 unspecified atom stereocenters. The van der Waals surface area contributed by atoms with Crippen LogP contribution >= 0.6 is 0 Å². The molecule has 0 heterocycles. The highest BCUT2D eigenvalue weighted by Gasteiger charge is 2.04. The maximum Gasteiger partial charge on any atom is 0.328 e. The molecule has 0 saturated heterocycles. The Hall–Kier alpha value is -1.89. The van der Waals surface area contributed by atoms with Gasteiger partial charge >= 0.3 is 5.97 Å². The summed E-state index contributed by atoms with van der Waals surface area (Å²) in [5.74, 6) is -2.46. The first-order valence-electron chi connectivity index (χ1n) is 4.59. The molecule has 4 N–H and O–H groups in total. The third-order valence-corrected chi connectivity index (χ3v) is 1.49. The molecule has 0 spiro atoms. The number of nitrogens with one attached hydrogen (secondary N) is 2. The summed E-state index contributed by atoms with van der Waals surface area (Å²) in [6, 6.07) is 0. The molecule has 0 fully saturated rings. The van der Waals surface area contributed by atoms with E-state index in [1.165, 1.54) is 0 Å². The van der Waals surface area contributed by atoms with Crippen LogP contribution in [-0.2, 0) is 14.4 Å². The molecule has 16 heavy (non-hydrogen) atoms. The molecule has 2 amide bonds. The van der Waals surface area contributed by atoms with Gasteiger partial charge < -0.3 is 10.2 Å². The Morgan fingerprint density at radius 3 is 2.38 bits per heavy atom. The number of hydrogen-bond acceptors (Lipinski definition) is 4. The van der Waals surface area contributed by atoms with Gasteiger partial charge in [0.05, 0.1) is 6.10 Å². The normalized spacial score (nSPS) is 12.1. The summed E-state index contributed by atoms with van der Waals surface area (Å²) in [5.41, 5.74) is 4.06. The molecule has 0 aliphatic rings. The number of carbonyl (C=O) groups is 3. The van der Waals surface area contributed by atoms with E-state index in [-0.39, 0.29) is 12.8 Å². The summed E-state index contributed by atoms with van der Waals surface area (Å²) in [6.45, 7) is 1.54. The number of aliphatic carboxylic acids is 1. The van der Waals surface area contributed by atoms with Crippen LogP contribution in [-0.4, -0.2) is 34.1 Å². The van der Waals surface area contributed by atoms with Gasteiger partial charge in [0.1, 0.15) is 0 Å². The third kappa shape index (κ3) is 8.70. The number of carboxylic acid groups (broad SMARTS) is 1. The fraction of sp³-hybridized carbons (Fsp3) is 0.444. The van der Waals surface area contributed by atoms with E-state index in [0.717, 1.165) is 6.08 Å². The van der Waals surface area contributed by atoms with Gasteiger partial charge in [0, 0.05) is 18.6 Å². The van der Waals surface area contributed by atoms with Crippen LogP contribution in [0.4, 0.5) is 0 Å². The third-order valence-electron chi connectivity index (χ3n) is 1.49. The van der Waals surface area contributed by atoms with Crippen molar-refractivity contribution in [3.05, 3.63) is 12.2 Å². The molecule has 7 nitrogen and oxygen atoms in total. The highest BCUT2D eigenvalue weighted by atomic mass is 16.4. The summed E-state index contributed by atoms with van der Waals surface area (Å²) >= 11 is 0. The van der Waals surface area contributed by atoms with E-state index in [0.29, 0.717) is 6.08 Å². The molecular weight excluding hydrogens is 216 g/mol. The lowest BCUT2D eigenvalue weighted by Crippen LogP contribution is -2.40. The Morgan fingerprint density at radius 1 is 1.25 bits per heavy atom. The minimum absolute atomic E-state index is 0.0700. The fourth-order valence-electron chi connectivity index (χ4n) is 0.722. The van der Waals surface area contributed by atoms with Crippen molar-refractivity contribution in [2.45, 2.75) is 25.9 Å². The molecule has 90 valence electrons. The molecule has 1 atom stereocenters. The smallest absolute Gasteiger partial charge is 0.328 e. The molecule has 7 heteroatoms. The number of rotatable bonds is 5. The van der Waals surface area contributed by atoms with Crippen LogP contribution in [0.1, 0.15) is 19.8 Å². The van der Waals surface area contributed by atoms with Crippen molar-refractivity contribution in [1.29, 1.82) is 0 Å². The van der Waals surface area contributed by atoms with E-state index in [1.54, 1.807) is 6.92 Å². The molecule has 0 saturated carbocycles. The highest BCUT2D eigenvalue weighted by molar-refractivity contribution is 5.94. The second kappa shape index (κ2) is 7.41. The van der Waals surface area contributed by atoms with Gasteiger partial charge in [-0.25, -0.2) is 4.79 Å². The summed E-state index contributed by atoms with van der Waals surface area (Å²) in [6.07, 6.45) is 1.19. The van der Waals surface area contributed by atoms with Gasteiger partial charge in [-0.3, -0.25) is 20.4 Å². The van der Waals surface area contributed by atoms with Crippen LogP contribution in [0.25, 0.3) is 0 Å². The number of hydrogen-bond donors (Lipinski definition) is 4. The van der Waals surface area contributed by atoms with Gasteiger partial charge in [-0.05, 0) is 13.3 Å². The maximum absolute atomic E-state index is 11.0. The van der Waals surface area contributed by atoms with Crippen LogP contribution in [0.5, 0.6) is 0 Å². The average Bonchev–Trinajstić information content (AvgIpc) is 2.20. The van der Waals surface area contributed by atoms with Gasteiger partial charge in [0.25, 0.3) is 5.91 Å². The largest absolute Gasteiger partial charge is 0.478 e. The van der Waals surface area contributed by atoms with E-state index >= 15 is 0 Å². The lowest BCUT2D eigenvalue weighted by molar-refractivity contribution is -0.131. The minimum Gasteiger partial charge on any atom is -0.478 e. The van der Waals surface area contributed by atoms with Crippen molar-refractivity contribution in [3.63, 3.8) is 0 Å². The molecule has 0 aliphatic carbocycles. The van der Waals surface area contributed by atoms with E-state index in [1.807, 2.05) is 5.43 Å².